The van der Waals surface area contributed by atoms with Crippen LogP contribution in [-0.4, -0.2) is 87.9 Å². The largest absolute Gasteiger partial charge is 0.506 e. The van der Waals surface area contributed by atoms with Crippen LogP contribution in [0.25, 0.3) is 0 Å². The number of hydrogen-bond acceptors (Lipinski definition) is 7. The van der Waals surface area contributed by atoms with E-state index >= 15 is 0 Å². The van der Waals surface area contributed by atoms with E-state index in [9.17, 15) is 32.7 Å². The number of rotatable bonds is 7. The summed E-state index contributed by atoms with van der Waals surface area (Å²) in [5.74, 6) is -2.62. The number of phenolic OH excluding ortho intramolecular Hbond substituents is 1. The molecule has 4 amide bonds. The van der Waals surface area contributed by atoms with Crippen LogP contribution in [-0.2, 0) is 28.7 Å². The van der Waals surface area contributed by atoms with Crippen LogP contribution in [0.15, 0.2) is 48.1 Å². The zero-order chi connectivity index (χ0) is 33.3. The normalized spacial score (nSPS) is 18.2. The quantitative estimate of drug-likeness (QED) is 0.341. The number of likely N-dealkylation sites (tertiary alicyclic amines) is 1. The molecule has 0 radical (unpaired) electrons. The Kier molecular flexibility index (Phi) is 9.51. The molecular formula is C32H34ClF3N6O4S. The molecule has 2 fully saturated rings. The summed E-state index contributed by atoms with van der Waals surface area (Å²) in [5.41, 5.74) is 0.612. The van der Waals surface area contributed by atoms with Gasteiger partial charge in [0.25, 0.3) is 0 Å². The third kappa shape index (κ3) is 7.28. The molecule has 0 aliphatic carbocycles. The highest BCUT2D eigenvalue weighted by atomic mass is 35.5. The van der Waals surface area contributed by atoms with Gasteiger partial charge in [-0.2, -0.15) is 13.2 Å². The van der Waals surface area contributed by atoms with Crippen LogP contribution >= 0.6 is 22.9 Å². The minimum atomic E-state index is -4.86. The lowest BCUT2D eigenvalue weighted by Gasteiger charge is -2.40. The number of amides is 4. The number of fused-ring (bicyclic) bond motifs is 1. The van der Waals surface area contributed by atoms with Crippen molar-refractivity contribution in [3.8, 4) is 5.75 Å². The number of nitrogens with zero attached hydrogens (tertiary/aromatic N) is 5. The number of phenols is 1. The molecule has 0 spiro atoms. The van der Waals surface area contributed by atoms with Gasteiger partial charge in [-0.3, -0.25) is 14.6 Å². The van der Waals surface area contributed by atoms with Crippen molar-refractivity contribution >= 4 is 52.2 Å². The summed E-state index contributed by atoms with van der Waals surface area (Å²) < 4.78 is 41.0. The fourth-order valence-electron chi connectivity index (χ4n) is 6.57. The first-order valence-electron chi connectivity index (χ1n) is 15.4. The lowest BCUT2D eigenvalue weighted by Crippen LogP contribution is -2.52. The fraction of sp³-hybridized carbons (Fsp3) is 0.438. The molecule has 0 unspecified atom stereocenters. The number of piperazine rings is 1. The van der Waals surface area contributed by atoms with Gasteiger partial charge in [-0.15, -0.1) is 11.3 Å². The Hall–Kier alpha value is -4.04. The molecule has 3 aliphatic rings. The lowest BCUT2D eigenvalue weighted by atomic mass is 9.92. The van der Waals surface area contributed by atoms with E-state index in [-0.39, 0.29) is 42.3 Å². The molecule has 15 heteroatoms. The Labute approximate surface area is 278 Å². The number of carbonyl (C=O) groups excluding carboxylic acids is 3. The van der Waals surface area contributed by atoms with E-state index in [4.69, 9.17) is 11.6 Å². The number of hydrogen-bond donors (Lipinski definition) is 2. The maximum absolute atomic E-state index is 13.9. The highest BCUT2D eigenvalue weighted by molar-refractivity contribution is 7.10. The Morgan fingerprint density at radius 2 is 1.74 bits per heavy atom. The average molecular weight is 691 g/mol. The summed E-state index contributed by atoms with van der Waals surface area (Å²) in [7, 11) is 0. The molecular weight excluding hydrogens is 657 g/mol. The number of thiophene rings is 1. The summed E-state index contributed by atoms with van der Waals surface area (Å²) in [5, 5.41) is 14.4. The zero-order valence-electron chi connectivity index (χ0n) is 25.4. The molecule has 1 aromatic carbocycles. The second kappa shape index (κ2) is 13.6. The van der Waals surface area contributed by atoms with Crippen molar-refractivity contribution in [1.29, 1.82) is 0 Å². The van der Waals surface area contributed by atoms with Crippen molar-refractivity contribution in [3.05, 3.63) is 69.1 Å². The van der Waals surface area contributed by atoms with E-state index in [2.05, 4.69) is 15.2 Å². The number of halogens is 4. The molecule has 3 aromatic rings. The van der Waals surface area contributed by atoms with Gasteiger partial charge in [0.15, 0.2) is 0 Å². The number of benzene rings is 1. The summed E-state index contributed by atoms with van der Waals surface area (Å²) >= 11 is 7.56. The van der Waals surface area contributed by atoms with E-state index in [1.165, 1.54) is 6.07 Å². The van der Waals surface area contributed by atoms with E-state index in [0.29, 0.717) is 58.7 Å². The SMILES string of the molecule is O=C(C[C@H](Cc1cc(Cl)c(O)c(C(F)(F)F)c1)C(=O)N1CCN(c2ccncc2)CC1)N1CCC(N2Cc3sccc3NC2=O)CC1. The Morgan fingerprint density at radius 1 is 1.04 bits per heavy atom. The van der Waals surface area contributed by atoms with Crippen LogP contribution < -0.4 is 10.2 Å². The molecule has 0 saturated carbocycles. The van der Waals surface area contributed by atoms with Crippen molar-refractivity contribution in [3.63, 3.8) is 0 Å². The standard InChI is InChI=1S/C32H34ClF3N6O4S/c33-25-17-20(16-24(29(25)44)32(34,35)36)15-21(30(45)41-12-10-39(11-13-41)22-1-6-37-7-2-22)18-28(43)40-8-3-23(4-9-40)42-19-27-26(5-14-47-27)38-31(42)46/h1-2,5-7,14,16-17,21,23,44H,3-4,8-13,15,18-19H2,(H,38,46)/t21-/m0/s1. The predicted octanol–water partition coefficient (Wildman–Crippen LogP) is 5.46. The Morgan fingerprint density at radius 3 is 2.43 bits per heavy atom. The Bertz CT molecular complexity index is 1620. The minimum Gasteiger partial charge on any atom is -0.506 e. The Balaban J connectivity index is 1.15. The number of pyridine rings is 1. The number of urea groups is 1. The second-order valence-corrected chi connectivity index (χ2v) is 13.4. The molecule has 2 aromatic heterocycles. The maximum atomic E-state index is 13.9. The number of piperidine rings is 1. The van der Waals surface area contributed by atoms with Crippen LogP contribution in [0.2, 0.25) is 5.02 Å². The van der Waals surface area contributed by atoms with E-state index in [1.54, 1.807) is 38.4 Å². The van der Waals surface area contributed by atoms with E-state index < -0.39 is 28.4 Å². The van der Waals surface area contributed by atoms with Crippen molar-refractivity contribution in [2.75, 3.05) is 49.5 Å². The summed E-state index contributed by atoms with van der Waals surface area (Å²) in [6.45, 7) is 3.14. The summed E-state index contributed by atoms with van der Waals surface area (Å²) in [6.07, 6.45) is -0.701. The van der Waals surface area contributed by atoms with Gasteiger partial charge >= 0.3 is 12.2 Å². The average Bonchev–Trinajstić information content (AvgIpc) is 3.52. The molecule has 1 atom stereocenters. The van der Waals surface area contributed by atoms with Gasteiger partial charge < -0.3 is 30.0 Å². The zero-order valence-corrected chi connectivity index (χ0v) is 27.0. The lowest BCUT2D eigenvalue weighted by molar-refractivity contribution is -0.142. The van der Waals surface area contributed by atoms with Crippen molar-refractivity contribution in [2.45, 2.75) is 44.4 Å². The first kappa shape index (κ1) is 32.9. The topological polar surface area (TPSA) is 109 Å². The van der Waals surface area contributed by atoms with Gasteiger partial charge in [-0.05, 0) is 60.5 Å². The monoisotopic (exact) mass is 690 g/mol. The number of anilines is 2. The molecule has 2 saturated heterocycles. The maximum Gasteiger partial charge on any atom is 0.420 e. The molecule has 6 rings (SSSR count). The van der Waals surface area contributed by atoms with Crippen LogP contribution in [0.1, 0.15) is 35.3 Å². The van der Waals surface area contributed by atoms with Gasteiger partial charge in [-0.25, -0.2) is 4.79 Å². The van der Waals surface area contributed by atoms with Crippen LogP contribution in [0.3, 0.4) is 0 Å². The third-order valence-corrected chi connectivity index (χ3v) is 10.3. The molecule has 5 heterocycles. The first-order chi connectivity index (χ1) is 22.5. The minimum absolute atomic E-state index is 0.0525. The summed E-state index contributed by atoms with van der Waals surface area (Å²) in [4.78, 5) is 52.7. The van der Waals surface area contributed by atoms with Gasteiger partial charge in [-0.1, -0.05) is 11.6 Å². The van der Waals surface area contributed by atoms with Gasteiger partial charge in [0.1, 0.15) is 5.75 Å². The number of aromatic hydroxyl groups is 1. The molecule has 3 aliphatic heterocycles. The van der Waals surface area contributed by atoms with Gasteiger partial charge in [0.2, 0.25) is 11.8 Å². The van der Waals surface area contributed by atoms with Crippen molar-refractivity contribution in [2.24, 2.45) is 5.92 Å². The van der Waals surface area contributed by atoms with Crippen molar-refractivity contribution in [1.82, 2.24) is 19.7 Å². The number of alkyl halides is 3. The number of nitrogens with one attached hydrogen (secondary N) is 1. The third-order valence-electron chi connectivity index (χ3n) is 9.12. The molecule has 0 bridgehead atoms. The van der Waals surface area contributed by atoms with Gasteiger partial charge in [0.05, 0.1) is 28.7 Å². The first-order valence-corrected chi connectivity index (χ1v) is 16.7. The summed E-state index contributed by atoms with van der Waals surface area (Å²) in [6, 6.07) is 7.43. The van der Waals surface area contributed by atoms with Crippen LogP contribution in [0.4, 0.5) is 29.3 Å². The smallest absolute Gasteiger partial charge is 0.420 e. The van der Waals surface area contributed by atoms with Crippen LogP contribution in [0.5, 0.6) is 5.75 Å². The second-order valence-electron chi connectivity index (χ2n) is 12.0. The van der Waals surface area contributed by atoms with Crippen LogP contribution in [0, 0.1) is 5.92 Å². The molecule has 2 N–H and O–H groups in total. The number of aromatic nitrogens is 1. The van der Waals surface area contributed by atoms with Gasteiger partial charge in [0, 0.05) is 74.7 Å². The molecule has 250 valence electrons. The highest BCUT2D eigenvalue weighted by Gasteiger charge is 2.38. The molecule has 47 heavy (non-hydrogen) atoms. The number of carbonyl (C=O) groups is 3. The highest BCUT2D eigenvalue weighted by Crippen LogP contribution is 2.41. The molecule has 10 nitrogen and oxygen atoms in total. The van der Waals surface area contributed by atoms with Crippen molar-refractivity contribution < 1.29 is 32.7 Å². The van der Waals surface area contributed by atoms with E-state index in [0.717, 1.165) is 22.3 Å². The fourth-order valence-corrected chi connectivity index (χ4v) is 7.64. The van der Waals surface area contributed by atoms with E-state index in [1.807, 2.05) is 23.6 Å². The predicted molar refractivity (Wildman–Crippen MR) is 171 cm³/mol.